The number of anilines is 1. The van der Waals surface area contributed by atoms with Crippen molar-refractivity contribution < 1.29 is 9.53 Å². The molecule has 1 aliphatic heterocycles. The summed E-state index contributed by atoms with van der Waals surface area (Å²) in [6.07, 6.45) is 12.9. The lowest BCUT2D eigenvalue weighted by Crippen LogP contribution is -2.54. The molecule has 1 amide bonds. The fourth-order valence-corrected chi connectivity index (χ4v) is 9.75. The number of hydrogen-bond acceptors (Lipinski definition) is 3. The maximum absolute atomic E-state index is 14.0. The molecule has 0 saturated heterocycles. The van der Waals surface area contributed by atoms with E-state index in [0.29, 0.717) is 5.92 Å². The summed E-state index contributed by atoms with van der Waals surface area (Å²) in [6, 6.07) is 15.6. The quantitative estimate of drug-likeness (QED) is 0.299. The number of fused-ring (bicyclic) bond motifs is 1. The average Bonchev–Trinajstić information content (AvgIpc) is 2.89. The van der Waals surface area contributed by atoms with E-state index in [-0.39, 0.29) is 23.5 Å². The molecule has 0 spiro atoms. The molecular weight excluding hydrogens is 520 g/mol. The smallest absolute Gasteiger partial charge is 0.298 e. The minimum atomic E-state index is -1.69. The molecule has 1 heterocycles. The molecule has 5 saturated carbocycles. The van der Waals surface area contributed by atoms with Gasteiger partial charge in [-0.3, -0.25) is 4.79 Å². The Bertz CT molecular complexity index is 1340. The molecule has 2 aromatic rings. The second-order valence-electron chi connectivity index (χ2n) is 15.1. The van der Waals surface area contributed by atoms with Gasteiger partial charge in [-0.15, -0.1) is 5.54 Å². The van der Waals surface area contributed by atoms with Crippen molar-refractivity contribution in [3.8, 4) is 17.2 Å². The number of rotatable bonds is 5. The van der Waals surface area contributed by atoms with E-state index in [1.807, 2.05) is 0 Å². The van der Waals surface area contributed by atoms with Crippen molar-refractivity contribution in [3.63, 3.8) is 0 Å². The van der Waals surface area contributed by atoms with Gasteiger partial charge in [-0.1, -0.05) is 44.3 Å². The number of hydrogen-bond donors (Lipinski definition) is 1. The normalized spacial score (nSPS) is 32.0. The van der Waals surface area contributed by atoms with E-state index in [9.17, 15) is 4.79 Å². The van der Waals surface area contributed by atoms with Crippen LogP contribution in [-0.2, 0) is 11.2 Å². The molecule has 5 fully saturated rings. The highest BCUT2D eigenvalue weighted by Gasteiger charge is 2.51. The van der Waals surface area contributed by atoms with Crippen molar-refractivity contribution >= 4 is 19.7 Å². The molecule has 2 aromatic carbocycles. The highest BCUT2D eigenvalue weighted by atomic mass is 28.3. The van der Waals surface area contributed by atoms with Crippen LogP contribution in [0.4, 0.5) is 5.69 Å². The van der Waals surface area contributed by atoms with E-state index in [4.69, 9.17) is 4.74 Å². The summed E-state index contributed by atoms with van der Waals surface area (Å²) in [6.45, 7) is 6.63. The van der Waals surface area contributed by atoms with Crippen LogP contribution in [0.15, 0.2) is 42.5 Å². The minimum absolute atomic E-state index is 0.00781. The summed E-state index contributed by atoms with van der Waals surface area (Å²) in [7, 11) is 0.0510. The molecule has 8 rings (SSSR count). The number of benzene rings is 2. The van der Waals surface area contributed by atoms with Gasteiger partial charge in [-0.05, 0) is 128 Å². The number of amides is 1. The zero-order chi connectivity index (χ0) is 28.4. The van der Waals surface area contributed by atoms with Gasteiger partial charge >= 0.3 is 0 Å². The van der Waals surface area contributed by atoms with E-state index in [0.717, 1.165) is 29.9 Å². The van der Waals surface area contributed by atoms with Crippen molar-refractivity contribution in [2.45, 2.75) is 101 Å². The number of carbonyl (C=O) groups is 1. The van der Waals surface area contributed by atoms with Crippen LogP contribution in [0.3, 0.4) is 0 Å². The van der Waals surface area contributed by atoms with Crippen LogP contribution in [0.25, 0.3) is 0 Å². The topological polar surface area (TPSA) is 41.6 Å². The number of methoxy groups -OCH3 is 1. The Morgan fingerprint density at radius 1 is 0.976 bits per heavy atom. The van der Waals surface area contributed by atoms with Crippen molar-refractivity contribution in [3.05, 3.63) is 59.2 Å². The Balaban J connectivity index is 1.24. The maximum atomic E-state index is 14.0. The van der Waals surface area contributed by atoms with Gasteiger partial charge in [0.25, 0.3) is 5.91 Å². The predicted octanol–water partition coefficient (Wildman–Crippen LogP) is 7.60. The highest BCUT2D eigenvalue weighted by Crippen LogP contribution is 2.56. The van der Waals surface area contributed by atoms with Gasteiger partial charge in [0.1, 0.15) is 13.8 Å². The Labute approximate surface area is 247 Å². The Hall–Kier alpha value is -2.71. The van der Waals surface area contributed by atoms with Crippen molar-refractivity contribution in [2.24, 2.45) is 23.7 Å². The highest BCUT2D eigenvalue weighted by molar-refractivity contribution is 6.84. The lowest BCUT2D eigenvalue weighted by molar-refractivity contribution is -0.132. The second kappa shape index (κ2) is 10.2. The third kappa shape index (κ3) is 5.22. The Morgan fingerprint density at radius 3 is 2.20 bits per heavy atom. The van der Waals surface area contributed by atoms with Crippen LogP contribution in [0.5, 0.6) is 5.75 Å². The first-order chi connectivity index (χ1) is 19.7. The molecule has 4 bridgehead atoms. The standard InChI is InChI=1S/C36H46N2O2Si/c1-40-31-12-13-32-29(19-31)20-33(27-6-5-7-27)38(34(39)14-15-41(2,3)4)35(32)28-8-10-30(11-9-28)37-36-21-24-16-25(22-36)18-26(17-24)23-36/h8-13,19,24-27,33,35,37H,5-7,16-18,20-23H2,1-4H3/t24?,25?,26?,33-,35+,36?/m1/s1. The number of ether oxygens (including phenoxy) is 1. The first-order valence-electron chi connectivity index (χ1n) is 16.1. The van der Waals surface area contributed by atoms with Crippen LogP contribution in [-0.4, -0.2) is 37.6 Å². The molecule has 0 radical (unpaired) electrons. The third-order valence-corrected chi connectivity index (χ3v) is 11.7. The van der Waals surface area contributed by atoms with Gasteiger partial charge in [-0.2, -0.15) is 0 Å². The maximum Gasteiger partial charge on any atom is 0.298 e. The molecule has 5 aliphatic carbocycles. The molecular formula is C36H46N2O2Si. The minimum Gasteiger partial charge on any atom is -0.497 e. The van der Waals surface area contributed by atoms with Crippen molar-refractivity contribution in [1.82, 2.24) is 4.90 Å². The molecule has 0 unspecified atom stereocenters. The first kappa shape index (κ1) is 27.1. The van der Waals surface area contributed by atoms with Crippen LogP contribution in [0, 0.1) is 35.1 Å². The SMILES string of the molecule is COc1ccc2c(c1)C[C@H](C1CCC1)N(C(=O)C#C[Si](C)(C)C)[C@H]2c1ccc(NC23CC4CC(CC(C4)C2)C3)cc1. The van der Waals surface area contributed by atoms with Crippen LogP contribution < -0.4 is 10.1 Å². The zero-order valence-electron chi connectivity index (χ0n) is 25.3. The van der Waals surface area contributed by atoms with Gasteiger partial charge in [-0.25, -0.2) is 0 Å². The predicted molar refractivity (Wildman–Crippen MR) is 169 cm³/mol. The molecule has 4 nitrogen and oxygen atoms in total. The van der Waals surface area contributed by atoms with Gasteiger partial charge in [0, 0.05) is 17.3 Å². The zero-order valence-corrected chi connectivity index (χ0v) is 26.3. The number of nitrogens with one attached hydrogen (secondary N) is 1. The average molecular weight is 567 g/mol. The molecule has 2 atom stereocenters. The first-order valence-corrected chi connectivity index (χ1v) is 19.6. The lowest BCUT2D eigenvalue weighted by atomic mass is 9.53. The van der Waals surface area contributed by atoms with Gasteiger partial charge < -0.3 is 15.0 Å². The van der Waals surface area contributed by atoms with Gasteiger partial charge in [0.05, 0.1) is 13.2 Å². The summed E-state index contributed by atoms with van der Waals surface area (Å²) in [5.41, 5.74) is 8.60. The van der Waals surface area contributed by atoms with Crippen LogP contribution in [0.2, 0.25) is 19.6 Å². The van der Waals surface area contributed by atoms with E-state index >= 15 is 0 Å². The molecule has 0 aromatic heterocycles. The van der Waals surface area contributed by atoms with Crippen LogP contribution in [0.1, 0.15) is 80.5 Å². The van der Waals surface area contributed by atoms with Gasteiger partial charge in [0.2, 0.25) is 0 Å². The van der Waals surface area contributed by atoms with E-state index in [2.05, 4.69) is 83.8 Å². The van der Waals surface area contributed by atoms with E-state index < -0.39 is 8.07 Å². The summed E-state index contributed by atoms with van der Waals surface area (Å²) in [4.78, 5) is 16.2. The van der Waals surface area contributed by atoms with E-state index in [1.165, 1.54) is 80.2 Å². The summed E-state index contributed by atoms with van der Waals surface area (Å²) in [5.74, 6) is 7.32. The molecule has 5 heteroatoms. The second-order valence-corrected chi connectivity index (χ2v) is 19.8. The largest absolute Gasteiger partial charge is 0.497 e. The van der Waals surface area contributed by atoms with E-state index in [1.54, 1.807) is 7.11 Å². The number of nitrogens with zero attached hydrogens (tertiary/aromatic N) is 1. The van der Waals surface area contributed by atoms with Crippen molar-refractivity contribution in [1.29, 1.82) is 0 Å². The summed E-state index contributed by atoms with van der Waals surface area (Å²) < 4.78 is 5.63. The monoisotopic (exact) mass is 566 g/mol. The molecule has 6 aliphatic rings. The lowest BCUT2D eigenvalue weighted by Gasteiger charge is -2.57. The molecule has 1 N–H and O–H groups in total. The summed E-state index contributed by atoms with van der Waals surface area (Å²) in [5, 5.41) is 4.05. The number of carbonyl (C=O) groups excluding carboxylic acids is 1. The molecule has 41 heavy (non-hydrogen) atoms. The van der Waals surface area contributed by atoms with Crippen molar-refractivity contribution in [2.75, 3.05) is 12.4 Å². The Morgan fingerprint density at radius 2 is 1.63 bits per heavy atom. The molecule has 216 valence electrons. The summed E-state index contributed by atoms with van der Waals surface area (Å²) >= 11 is 0. The fourth-order valence-electron chi connectivity index (χ4n) is 9.27. The van der Waals surface area contributed by atoms with Gasteiger partial charge in [0.15, 0.2) is 0 Å². The van der Waals surface area contributed by atoms with Crippen LogP contribution >= 0.6 is 0 Å². The third-order valence-electron chi connectivity index (χ3n) is 10.9. The Kier molecular flexibility index (Phi) is 6.77. The fraction of sp³-hybridized carbons (Fsp3) is 0.583.